The van der Waals surface area contributed by atoms with Crippen LogP contribution in [0, 0.1) is 18.8 Å². The van der Waals surface area contributed by atoms with E-state index in [9.17, 15) is 4.79 Å². The lowest BCUT2D eigenvalue weighted by Crippen LogP contribution is -2.29. The van der Waals surface area contributed by atoms with Crippen molar-refractivity contribution in [1.29, 1.82) is 0 Å². The molecule has 0 saturated heterocycles. The van der Waals surface area contributed by atoms with E-state index < -0.39 is 0 Å². The van der Waals surface area contributed by atoms with Crippen molar-refractivity contribution in [2.75, 3.05) is 12.4 Å². The van der Waals surface area contributed by atoms with Crippen molar-refractivity contribution in [1.82, 2.24) is 5.32 Å². The number of nitrogens with one attached hydrogen (secondary N) is 2. The van der Waals surface area contributed by atoms with E-state index in [1.54, 1.807) is 7.05 Å². The normalized spacial score (nSPS) is 22.1. The average Bonchev–Trinajstić information content (AvgIpc) is 2.49. The first-order valence-electron chi connectivity index (χ1n) is 8.10. The fourth-order valence-electron chi connectivity index (χ4n) is 3.25. The molecule has 1 aliphatic rings. The minimum absolute atomic E-state index is 0.0262. The highest BCUT2D eigenvalue weighted by molar-refractivity contribution is 5.95. The van der Waals surface area contributed by atoms with Crippen molar-refractivity contribution in [3.8, 4) is 0 Å². The van der Waals surface area contributed by atoms with Gasteiger partial charge in [-0.05, 0) is 49.3 Å². The summed E-state index contributed by atoms with van der Waals surface area (Å²) < 4.78 is 0. The highest BCUT2D eigenvalue weighted by Crippen LogP contribution is 2.32. The van der Waals surface area contributed by atoms with Crippen molar-refractivity contribution in [2.24, 2.45) is 11.8 Å². The van der Waals surface area contributed by atoms with Crippen LogP contribution in [0.2, 0.25) is 0 Å². The van der Waals surface area contributed by atoms with Gasteiger partial charge in [0.05, 0.1) is 0 Å². The maximum absolute atomic E-state index is 11.8. The average molecular weight is 288 g/mol. The molecule has 2 rings (SSSR count). The van der Waals surface area contributed by atoms with Gasteiger partial charge in [0.1, 0.15) is 0 Å². The summed E-state index contributed by atoms with van der Waals surface area (Å²) in [7, 11) is 1.67. The second-order valence-corrected chi connectivity index (χ2v) is 6.62. The SMILES string of the molecule is CNC(=O)c1ccc(C)c(NC2CCCC(C(C)C)C2)c1. The van der Waals surface area contributed by atoms with Crippen molar-refractivity contribution in [3.63, 3.8) is 0 Å². The first kappa shape index (κ1) is 15.9. The van der Waals surface area contributed by atoms with Crippen LogP contribution in [0.25, 0.3) is 0 Å². The lowest BCUT2D eigenvalue weighted by molar-refractivity contribution is 0.0963. The predicted octanol–water partition coefficient (Wildman–Crippen LogP) is 3.98. The third-order valence-corrected chi connectivity index (χ3v) is 4.74. The van der Waals surface area contributed by atoms with E-state index >= 15 is 0 Å². The van der Waals surface area contributed by atoms with E-state index in [4.69, 9.17) is 0 Å². The molecule has 21 heavy (non-hydrogen) atoms. The molecule has 3 heteroatoms. The number of carbonyl (C=O) groups is 1. The summed E-state index contributed by atoms with van der Waals surface area (Å²) in [6.07, 6.45) is 5.12. The van der Waals surface area contributed by atoms with Crippen LogP contribution in [-0.2, 0) is 0 Å². The van der Waals surface area contributed by atoms with Gasteiger partial charge < -0.3 is 10.6 Å². The third kappa shape index (κ3) is 3.99. The molecule has 0 heterocycles. The summed E-state index contributed by atoms with van der Waals surface area (Å²) in [5, 5.41) is 6.36. The predicted molar refractivity (Wildman–Crippen MR) is 88.8 cm³/mol. The Balaban J connectivity index is 2.09. The maximum Gasteiger partial charge on any atom is 0.251 e. The Morgan fingerprint density at radius 1 is 1.29 bits per heavy atom. The van der Waals surface area contributed by atoms with Gasteiger partial charge in [-0.1, -0.05) is 32.8 Å². The number of aryl methyl sites for hydroxylation is 1. The molecule has 116 valence electrons. The smallest absolute Gasteiger partial charge is 0.251 e. The molecule has 3 nitrogen and oxygen atoms in total. The van der Waals surface area contributed by atoms with Crippen LogP contribution in [0.5, 0.6) is 0 Å². The van der Waals surface area contributed by atoms with Crippen LogP contribution < -0.4 is 10.6 Å². The van der Waals surface area contributed by atoms with Gasteiger partial charge in [0, 0.05) is 24.3 Å². The van der Waals surface area contributed by atoms with Gasteiger partial charge in [-0.3, -0.25) is 4.79 Å². The van der Waals surface area contributed by atoms with Gasteiger partial charge in [-0.2, -0.15) is 0 Å². The number of hydrogen-bond donors (Lipinski definition) is 2. The van der Waals surface area contributed by atoms with Crippen molar-refractivity contribution in [3.05, 3.63) is 29.3 Å². The fraction of sp³-hybridized carbons (Fsp3) is 0.611. The van der Waals surface area contributed by atoms with Gasteiger partial charge in [-0.15, -0.1) is 0 Å². The first-order valence-corrected chi connectivity index (χ1v) is 8.10. The zero-order valence-corrected chi connectivity index (χ0v) is 13.7. The van der Waals surface area contributed by atoms with Gasteiger partial charge in [0.25, 0.3) is 5.91 Å². The molecule has 2 unspecified atom stereocenters. The summed E-state index contributed by atoms with van der Waals surface area (Å²) in [6, 6.07) is 6.42. The second-order valence-electron chi connectivity index (χ2n) is 6.62. The quantitative estimate of drug-likeness (QED) is 0.880. The number of anilines is 1. The second kappa shape index (κ2) is 6.97. The molecular weight excluding hydrogens is 260 g/mol. The minimum atomic E-state index is -0.0262. The largest absolute Gasteiger partial charge is 0.382 e. The molecule has 2 atom stereocenters. The van der Waals surface area contributed by atoms with Gasteiger partial charge >= 0.3 is 0 Å². The minimum Gasteiger partial charge on any atom is -0.382 e. The topological polar surface area (TPSA) is 41.1 Å². The van der Waals surface area contributed by atoms with Gasteiger partial charge in [0.15, 0.2) is 0 Å². The Bertz CT molecular complexity index is 496. The van der Waals surface area contributed by atoms with Crippen molar-refractivity contribution in [2.45, 2.75) is 52.5 Å². The van der Waals surface area contributed by atoms with E-state index in [0.29, 0.717) is 6.04 Å². The van der Waals surface area contributed by atoms with Gasteiger partial charge in [-0.25, -0.2) is 0 Å². The molecule has 2 N–H and O–H groups in total. The van der Waals surface area contributed by atoms with E-state index in [-0.39, 0.29) is 5.91 Å². The lowest BCUT2D eigenvalue weighted by Gasteiger charge is -2.33. The molecule has 1 aromatic carbocycles. The zero-order chi connectivity index (χ0) is 15.4. The molecule has 1 aromatic rings. The Kier molecular flexibility index (Phi) is 5.27. The van der Waals surface area contributed by atoms with Crippen LogP contribution in [0.3, 0.4) is 0 Å². The maximum atomic E-state index is 11.8. The standard InChI is InChI=1S/C18H28N2O/c1-12(2)14-6-5-7-16(10-14)20-17-11-15(18(21)19-4)9-8-13(17)3/h8-9,11-12,14,16,20H,5-7,10H2,1-4H3,(H,19,21). The Morgan fingerprint density at radius 3 is 2.71 bits per heavy atom. The molecule has 1 aliphatic carbocycles. The molecule has 0 aliphatic heterocycles. The molecule has 0 bridgehead atoms. The number of amides is 1. The van der Waals surface area contributed by atoms with E-state index in [2.05, 4.69) is 31.4 Å². The van der Waals surface area contributed by atoms with Crippen molar-refractivity contribution >= 4 is 11.6 Å². The Morgan fingerprint density at radius 2 is 2.05 bits per heavy atom. The fourth-order valence-corrected chi connectivity index (χ4v) is 3.25. The molecule has 0 radical (unpaired) electrons. The summed E-state index contributed by atoms with van der Waals surface area (Å²) in [5.41, 5.74) is 3.03. The Labute approximate surface area is 128 Å². The van der Waals surface area contributed by atoms with Crippen molar-refractivity contribution < 1.29 is 4.79 Å². The molecule has 1 amide bonds. The monoisotopic (exact) mass is 288 g/mol. The number of rotatable bonds is 4. The highest BCUT2D eigenvalue weighted by Gasteiger charge is 2.24. The van der Waals surface area contributed by atoms with Crippen LogP contribution in [0.15, 0.2) is 18.2 Å². The van der Waals surface area contributed by atoms with E-state index in [1.807, 2.05) is 18.2 Å². The molecule has 1 saturated carbocycles. The Hall–Kier alpha value is -1.51. The summed E-state index contributed by atoms with van der Waals surface area (Å²) >= 11 is 0. The molecular formula is C18H28N2O. The summed E-state index contributed by atoms with van der Waals surface area (Å²) in [6.45, 7) is 6.74. The summed E-state index contributed by atoms with van der Waals surface area (Å²) in [4.78, 5) is 11.8. The summed E-state index contributed by atoms with van der Waals surface area (Å²) in [5.74, 6) is 1.55. The van der Waals surface area contributed by atoms with Crippen LogP contribution in [0.1, 0.15) is 55.5 Å². The van der Waals surface area contributed by atoms with Gasteiger partial charge in [0.2, 0.25) is 0 Å². The number of hydrogen-bond acceptors (Lipinski definition) is 2. The number of carbonyl (C=O) groups excluding carboxylic acids is 1. The van der Waals surface area contributed by atoms with E-state index in [0.717, 1.165) is 23.1 Å². The molecule has 0 aromatic heterocycles. The first-order chi connectivity index (χ1) is 10.0. The number of benzene rings is 1. The molecule has 0 spiro atoms. The highest BCUT2D eigenvalue weighted by atomic mass is 16.1. The van der Waals surface area contributed by atoms with E-state index in [1.165, 1.54) is 31.2 Å². The lowest BCUT2D eigenvalue weighted by atomic mass is 9.79. The third-order valence-electron chi connectivity index (χ3n) is 4.74. The zero-order valence-electron chi connectivity index (χ0n) is 13.7. The van der Waals surface area contributed by atoms with Crippen LogP contribution in [0.4, 0.5) is 5.69 Å². The van der Waals surface area contributed by atoms with Crippen LogP contribution >= 0.6 is 0 Å². The van der Waals surface area contributed by atoms with Crippen LogP contribution in [-0.4, -0.2) is 19.0 Å². The molecule has 1 fully saturated rings.